The predicted octanol–water partition coefficient (Wildman–Crippen LogP) is 4.05. The Labute approximate surface area is 184 Å². The molecule has 2 aromatic carbocycles. The van der Waals surface area contributed by atoms with Gasteiger partial charge in [0.1, 0.15) is 0 Å². The highest BCUT2D eigenvalue weighted by molar-refractivity contribution is 5.93. The first kappa shape index (κ1) is 19.7. The molecule has 0 radical (unpaired) electrons. The molecule has 0 aliphatic rings. The minimum absolute atomic E-state index is 0.453. The Morgan fingerprint density at radius 2 is 1.72 bits per heavy atom. The molecule has 0 bridgehead atoms. The van der Waals surface area contributed by atoms with Crippen LogP contribution in [-0.2, 0) is 7.05 Å². The fourth-order valence-corrected chi connectivity index (χ4v) is 3.83. The smallest absolute Gasteiger partial charge is 0.254 e. The first-order chi connectivity index (χ1) is 15.6. The van der Waals surface area contributed by atoms with Crippen molar-refractivity contribution in [2.75, 3.05) is 26.6 Å². The van der Waals surface area contributed by atoms with Crippen molar-refractivity contribution in [3.63, 3.8) is 0 Å². The number of aromatic nitrogens is 5. The molecule has 3 heterocycles. The summed E-state index contributed by atoms with van der Waals surface area (Å²) in [6, 6.07) is 13.7. The number of ether oxygens (including phenoxy) is 3. The van der Waals surface area contributed by atoms with Crippen LogP contribution in [0.5, 0.6) is 17.2 Å². The highest BCUT2D eigenvalue weighted by atomic mass is 16.5. The average Bonchev–Trinajstić information content (AvgIpc) is 3.41. The molecule has 0 fully saturated rings. The largest absolute Gasteiger partial charge is 0.493 e. The number of nitrogens with zero attached hydrogens (tertiary/aromatic N) is 5. The van der Waals surface area contributed by atoms with E-state index in [1.54, 1.807) is 32.0 Å². The van der Waals surface area contributed by atoms with Gasteiger partial charge in [-0.25, -0.2) is 4.98 Å². The van der Waals surface area contributed by atoms with E-state index in [0.717, 1.165) is 27.8 Å². The summed E-state index contributed by atoms with van der Waals surface area (Å²) in [6.07, 6.45) is 3.72. The number of aryl methyl sites for hydroxylation is 1. The molecule has 0 aliphatic carbocycles. The molecule has 5 aromatic rings. The van der Waals surface area contributed by atoms with Crippen molar-refractivity contribution in [3.8, 4) is 28.5 Å². The van der Waals surface area contributed by atoms with Gasteiger partial charge in [0.05, 0.1) is 32.7 Å². The van der Waals surface area contributed by atoms with Gasteiger partial charge in [0.25, 0.3) is 5.78 Å². The summed E-state index contributed by atoms with van der Waals surface area (Å²) in [5, 5.41) is 9.08. The Kier molecular flexibility index (Phi) is 4.78. The van der Waals surface area contributed by atoms with Gasteiger partial charge in [0.15, 0.2) is 11.5 Å². The molecule has 0 saturated carbocycles. The normalized spacial score (nSPS) is 11.1. The van der Waals surface area contributed by atoms with Crippen molar-refractivity contribution in [2.45, 2.75) is 0 Å². The van der Waals surface area contributed by atoms with Crippen LogP contribution in [0, 0.1) is 0 Å². The standard InChI is InChI=1S/C23H22N6O3/c1-28-11-9-15-16(6-5-7-18(15)28)25-22-26-23-24-10-8-17(29(23)27-22)14-12-19(30-2)21(32-4)20(13-14)31-3/h5-13H,1-4H3,(H,25,27). The lowest BCUT2D eigenvalue weighted by Gasteiger charge is -2.14. The van der Waals surface area contributed by atoms with Gasteiger partial charge in [0, 0.05) is 35.9 Å². The SMILES string of the molecule is COc1cc(-c2ccnc3nc(Nc4cccc5c4ccn5C)nn23)cc(OC)c1OC. The third kappa shape index (κ3) is 3.15. The van der Waals surface area contributed by atoms with E-state index in [2.05, 4.69) is 37.1 Å². The fraction of sp³-hybridized carbons (Fsp3) is 0.174. The number of anilines is 2. The zero-order chi connectivity index (χ0) is 22.2. The van der Waals surface area contributed by atoms with Crippen molar-refractivity contribution in [2.24, 2.45) is 7.05 Å². The number of benzene rings is 2. The summed E-state index contributed by atoms with van der Waals surface area (Å²) in [7, 11) is 6.77. The zero-order valence-corrected chi connectivity index (χ0v) is 18.2. The van der Waals surface area contributed by atoms with E-state index < -0.39 is 0 Å². The molecular formula is C23H22N6O3. The number of hydrogen-bond acceptors (Lipinski definition) is 7. The molecule has 0 saturated heterocycles. The van der Waals surface area contributed by atoms with Gasteiger partial charge < -0.3 is 24.1 Å². The Morgan fingerprint density at radius 3 is 2.44 bits per heavy atom. The summed E-state index contributed by atoms with van der Waals surface area (Å²) in [4.78, 5) is 8.94. The van der Waals surface area contributed by atoms with E-state index in [4.69, 9.17) is 14.2 Å². The highest BCUT2D eigenvalue weighted by Gasteiger charge is 2.17. The molecule has 0 unspecified atom stereocenters. The van der Waals surface area contributed by atoms with Crippen LogP contribution < -0.4 is 19.5 Å². The van der Waals surface area contributed by atoms with E-state index in [9.17, 15) is 0 Å². The monoisotopic (exact) mass is 430 g/mol. The van der Waals surface area contributed by atoms with Crippen LogP contribution in [0.3, 0.4) is 0 Å². The number of rotatable bonds is 6. The van der Waals surface area contributed by atoms with Crippen molar-refractivity contribution < 1.29 is 14.2 Å². The van der Waals surface area contributed by atoms with E-state index >= 15 is 0 Å². The third-order valence-corrected chi connectivity index (χ3v) is 5.38. The zero-order valence-electron chi connectivity index (χ0n) is 18.2. The van der Waals surface area contributed by atoms with Gasteiger partial charge >= 0.3 is 0 Å². The maximum absolute atomic E-state index is 5.50. The predicted molar refractivity (Wildman–Crippen MR) is 122 cm³/mol. The lowest BCUT2D eigenvalue weighted by Crippen LogP contribution is -1.99. The number of methoxy groups -OCH3 is 3. The molecule has 32 heavy (non-hydrogen) atoms. The third-order valence-electron chi connectivity index (χ3n) is 5.38. The topological polar surface area (TPSA) is 87.7 Å². The Balaban J connectivity index is 1.60. The molecule has 0 spiro atoms. The van der Waals surface area contributed by atoms with E-state index in [0.29, 0.717) is 29.0 Å². The second kappa shape index (κ2) is 7.77. The molecule has 0 aliphatic heterocycles. The molecular weight excluding hydrogens is 408 g/mol. The van der Waals surface area contributed by atoms with Crippen LogP contribution in [0.2, 0.25) is 0 Å². The summed E-state index contributed by atoms with van der Waals surface area (Å²) in [6.45, 7) is 0. The molecule has 9 nitrogen and oxygen atoms in total. The first-order valence-corrected chi connectivity index (χ1v) is 9.96. The quantitative estimate of drug-likeness (QED) is 0.435. The van der Waals surface area contributed by atoms with Crippen molar-refractivity contribution in [1.82, 2.24) is 24.1 Å². The van der Waals surface area contributed by atoms with Crippen molar-refractivity contribution >= 4 is 28.3 Å². The molecule has 162 valence electrons. The van der Waals surface area contributed by atoms with Crippen molar-refractivity contribution in [1.29, 1.82) is 0 Å². The maximum atomic E-state index is 5.50. The summed E-state index contributed by atoms with van der Waals surface area (Å²) >= 11 is 0. The Hall–Kier alpha value is -4.27. The van der Waals surface area contributed by atoms with Gasteiger partial charge in [0.2, 0.25) is 11.7 Å². The van der Waals surface area contributed by atoms with E-state index in [-0.39, 0.29) is 0 Å². The summed E-state index contributed by atoms with van der Waals surface area (Å²) in [5.41, 5.74) is 3.66. The Morgan fingerprint density at radius 1 is 0.938 bits per heavy atom. The van der Waals surface area contributed by atoms with Crippen LogP contribution >= 0.6 is 0 Å². The minimum atomic E-state index is 0.453. The lowest BCUT2D eigenvalue weighted by atomic mass is 10.1. The molecule has 1 N–H and O–H groups in total. The van der Waals surface area contributed by atoms with Crippen LogP contribution in [-0.4, -0.2) is 45.5 Å². The lowest BCUT2D eigenvalue weighted by molar-refractivity contribution is 0.324. The first-order valence-electron chi connectivity index (χ1n) is 9.96. The number of hydrogen-bond donors (Lipinski definition) is 1. The van der Waals surface area contributed by atoms with Gasteiger partial charge in [-0.2, -0.15) is 9.50 Å². The molecule has 0 atom stereocenters. The molecule has 0 amide bonds. The second-order valence-corrected chi connectivity index (χ2v) is 7.18. The van der Waals surface area contributed by atoms with Gasteiger partial charge in [-0.1, -0.05) is 6.07 Å². The number of fused-ring (bicyclic) bond motifs is 2. The van der Waals surface area contributed by atoms with Crippen LogP contribution in [0.25, 0.3) is 27.9 Å². The molecule has 5 rings (SSSR count). The second-order valence-electron chi connectivity index (χ2n) is 7.18. The Bertz CT molecular complexity index is 1410. The molecule has 3 aromatic heterocycles. The number of nitrogens with one attached hydrogen (secondary N) is 1. The van der Waals surface area contributed by atoms with E-state index in [1.807, 2.05) is 43.6 Å². The van der Waals surface area contributed by atoms with Crippen molar-refractivity contribution in [3.05, 3.63) is 54.9 Å². The highest BCUT2D eigenvalue weighted by Crippen LogP contribution is 2.41. The van der Waals surface area contributed by atoms with Crippen LogP contribution in [0.4, 0.5) is 11.6 Å². The maximum Gasteiger partial charge on any atom is 0.254 e. The van der Waals surface area contributed by atoms with Crippen LogP contribution in [0.1, 0.15) is 0 Å². The minimum Gasteiger partial charge on any atom is -0.493 e. The average molecular weight is 430 g/mol. The van der Waals surface area contributed by atoms with Gasteiger partial charge in [-0.15, -0.1) is 5.10 Å². The summed E-state index contributed by atoms with van der Waals surface area (Å²) in [5.74, 6) is 2.57. The van der Waals surface area contributed by atoms with Gasteiger partial charge in [-0.05, 0) is 36.4 Å². The fourth-order valence-electron chi connectivity index (χ4n) is 3.83. The molecule has 9 heteroatoms. The van der Waals surface area contributed by atoms with Gasteiger partial charge in [-0.3, -0.25) is 0 Å². The summed E-state index contributed by atoms with van der Waals surface area (Å²) < 4.78 is 20.2. The van der Waals surface area contributed by atoms with E-state index in [1.165, 1.54) is 0 Å². The van der Waals surface area contributed by atoms with Crippen LogP contribution in [0.15, 0.2) is 54.9 Å².